The Bertz CT molecular complexity index is 906. The topological polar surface area (TPSA) is 105 Å². The Labute approximate surface area is 176 Å². The molecule has 30 heavy (non-hydrogen) atoms. The molecular formula is C22H30N4O4. The molecule has 8 heteroatoms. The fourth-order valence-corrected chi connectivity index (χ4v) is 3.84. The molecule has 0 radical (unpaired) electrons. The molecule has 0 amide bonds. The van der Waals surface area contributed by atoms with Gasteiger partial charge in [-0.1, -0.05) is 12.1 Å². The van der Waals surface area contributed by atoms with E-state index in [0.717, 1.165) is 6.54 Å². The van der Waals surface area contributed by atoms with Crippen LogP contribution in [0.15, 0.2) is 35.9 Å². The van der Waals surface area contributed by atoms with Gasteiger partial charge in [0.15, 0.2) is 11.6 Å². The summed E-state index contributed by atoms with van der Waals surface area (Å²) < 4.78 is 0. The van der Waals surface area contributed by atoms with Crippen LogP contribution in [0.2, 0.25) is 0 Å². The van der Waals surface area contributed by atoms with E-state index in [2.05, 4.69) is 10.6 Å². The molecule has 0 saturated carbocycles. The number of allylic oxidation sites excluding steroid dienone is 1. The van der Waals surface area contributed by atoms with Gasteiger partial charge in [-0.05, 0) is 46.4 Å². The predicted molar refractivity (Wildman–Crippen MR) is 117 cm³/mol. The van der Waals surface area contributed by atoms with Crippen LogP contribution in [0.1, 0.15) is 15.9 Å². The molecule has 0 aliphatic heterocycles. The second-order valence-corrected chi connectivity index (χ2v) is 8.27. The zero-order chi connectivity index (χ0) is 22.1. The summed E-state index contributed by atoms with van der Waals surface area (Å²) in [5.41, 5.74) is -0.649. The highest BCUT2D eigenvalue weighted by Crippen LogP contribution is 2.43. The van der Waals surface area contributed by atoms with Crippen LogP contribution in [0, 0.1) is 5.92 Å². The van der Waals surface area contributed by atoms with E-state index in [9.17, 15) is 19.8 Å². The summed E-state index contributed by atoms with van der Waals surface area (Å²) in [5.74, 6) is -2.34. The normalized spacial score (nSPS) is 23.2. The summed E-state index contributed by atoms with van der Waals surface area (Å²) in [6, 6.07) is 5.11. The van der Waals surface area contributed by atoms with E-state index in [4.69, 9.17) is 0 Å². The molecule has 0 aromatic heterocycles. The number of likely N-dealkylation sites (N-methyl/N-ethyl adjacent to an activating group) is 2. The van der Waals surface area contributed by atoms with Crippen LogP contribution in [0.5, 0.6) is 0 Å². The van der Waals surface area contributed by atoms with Gasteiger partial charge in [-0.15, -0.1) is 0 Å². The number of carbonyl (C=O) groups is 2. The largest absolute Gasteiger partial charge is 0.507 e. The lowest BCUT2D eigenvalue weighted by molar-refractivity contribution is -0.113. The Balaban J connectivity index is 2.01. The fourth-order valence-electron chi connectivity index (χ4n) is 3.84. The number of hydrogen-bond acceptors (Lipinski definition) is 8. The molecule has 3 rings (SSSR count). The minimum Gasteiger partial charge on any atom is -0.507 e. The van der Waals surface area contributed by atoms with Crippen LogP contribution in [0.25, 0.3) is 5.76 Å². The first-order valence-electron chi connectivity index (χ1n) is 10.0. The molecule has 1 aromatic carbocycles. The standard InChI is InChI=1S/C22H30N4O4/c1-25(2)12-10-23-15-7-5-6-14-17(15)21(29)18-16(27)8-9-22(30,19(18)20(14)28)24-11-13-26(3)4/h5-9,19,23-24,29-30H,10-13H2,1-4H3. The van der Waals surface area contributed by atoms with Crippen molar-refractivity contribution < 1.29 is 19.8 Å². The Morgan fingerprint density at radius 3 is 2.40 bits per heavy atom. The van der Waals surface area contributed by atoms with E-state index in [1.165, 1.54) is 12.2 Å². The summed E-state index contributed by atoms with van der Waals surface area (Å²) in [4.78, 5) is 30.0. The molecule has 0 heterocycles. The van der Waals surface area contributed by atoms with Gasteiger partial charge in [0.2, 0.25) is 0 Å². The van der Waals surface area contributed by atoms with Crippen LogP contribution in [0.4, 0.5) is 5.69 Å². The van der Waals surface area contributed by atoms with Crippen molar-refractivity contribution in [3.63, 3.8) is 0 Å². The molecular weight excluding hydrogens is 384 g/mol. The van der Waals surface area contributed by atoms with Crippen molar-refractivity contribution in [1.29, 1.82) is 0 Å². The first-order chi connectivity index (χ1) is 14.2. The summed E-state index contributed by atoms with van der Waals surface area (Å²) in [6.07, 6.45) is 2.53. The Morgan fingerprint density at radius 2 is 1.73 bits per heavy atom. The van der Waals surface area contributed by atoms with E-state index < -0.39 is 23.2 Å². The second kappa shape index (κ2) is 8.69. The molecule has 0 bridgehead atoms. The number of benzene rings is 1. The van der Waals surface area contributed by atoms with E-state index in [0.29, 0.717) is 30.9 Å². The molecule has 4 N–H and O–H groups in total. The number of Topliss-reactive ketones (excluding diaryl/α,β-unsaturated/α-hetero) is 1. The van der Waals surface area contributed by atoms with Crippen molar-refractivity contribution in [1.82, 2.24) is 15.1 Å². The van der Waals surface area contributed by atoms with Gasteiger partial charge >= 0.3 is 0 Å². The van der Waals surface area contributed by atoms with Crippen LogP contribution in [0.3, 0.4) is 0 Å². The highest BCUT2D eigenvalue weighted by molar-refractivity contribution is 6.21. The van der Waals surface area contributed by atoms with E-state index in [1.807, 2.05) is 38.0 Å². The van der Waals surface area contributed by atoms with Crippen LogP contribution < -0.4 is 10.6 Å². The monoisotopic (exact) mass is 414 g/mol. The Kier molecular flexibility index (Phi) is 6.42. The molecule has 162 valence electrons. The molecule has 2 aliphatic rings. The highest BCUT2D eigenvalue weighted by atomic mass is 16.3. The molecule has 8 nitrogen and oxygen atoms in total. The quantitative estimate of drug-likeness (QED) is 0.461. The summed E-state index contributed by atoms with van der Waals surface area (Å²) in [6.45, 7) is 2.40. The summed E-state index contributed by atoms with van der Waals surface area (Å²) in [7, 11) is 7.70. The Hall–Kier alpha value is -2.52. The average molecular weight is 415 g/mol. The zero-order valence-electron chi connectivity index (χ0n) is 17.9. The molecule has 1 aromatic rings. The van der Waals surface area contributed by atoms with Gasteiger partial charge < -0.3 is 25.3 Å². The number of anilines is 1. The van der Waals surface area contributed by atoms with Crippen molar-refractivity contribution in [3.8, 4) is 0 Å². The van der Waals surface area contributed by atoms with E-state index in [-0.39, 0.29) is 16.9 Å². The van der Waals surface area contributed by atoms with Crippen LogP contribution in [-0.2, 0) is 4.79 Å². The lowest BCUT2D eigenvalue weighted by atomic mass is 9.71. The molecule has 2 aliphatic carbocycles. The third-order valence-electron chi connectivity index (χ3n) is 5.41. The number of carbonyl (C=O) groups excluding carboxylic acids is 2. The molecule has 2 unspecified atom stereocenters. The second-order valence-electron chi connectivity index (χ2n) is 8.27. The maximum Gasteiger partial charge on any atom is 0.186 e. The van der Waals surface area contributed by atoms with Crippen molar-refractivity contribution in [2.75, 3.05) is 59.7 Å². The number of hydrogen-bond donors (Lipinski definition) is 4. The summed E-state index contributed by atoms with van der Waals surface area (Å²) >= 11 is 0. The lowest BCUT2D eigenvalue weighted by Crippen LogP contribution is -2.57. The smallest absolute Gasteiger partial charge is 0.186 e. The molecule has 0 fully saturated rings. The Morgan fingerprint density at radius 1 is 1.07 bits per heavy atom. The van der Waals surface area contributed by atoms with Crippen molar-refractivity contribution in [2.24, 2.45) is 5.92 Å². The van der Waals surface area contributed by atoms with E-state index >= 15 is 0 Å². The third kappa shape index (κ3) is 4.17. The fraction of sp³-hybridized carbons (Fsp3) is 0.455. The van der Waals surface area contributed by atoms with Gasteiger partial charge in [-0.2, -0.15) is 0 Å². The van der Waals surface area contributed by atoms with Gasteiger partial charge in [0.25, 0.3) is 0 Å². The number of aliphatic hydroxyl groups excluding tert-OH is 1. The number of fused-ring (bicyclic) bond motifs is 2. The predicted octanol–water partition coefficient (Wildman–Crippen LogP) is 0.720. The number of aliphatic hydroxyl groups is 2. The first-order valence-corrected chi connectivity index (χ1v) is 10.0. The highest BCUT2D eigenvalue weighted by Gasteiger charge is 2.51. The number of nitrogens with zero attached hydrogens (tertiary/aromatic N) is 2. The maximum atomic E-state index is 13.4. The van der Waals surface area contributed by atoms with Gasteiger partial charge in [0, 0.05) is 37.4 Å². The zero-order valence-corrected chi connectivity index (χ0v) is 17.9. The van der Waals surface area contributed by atoms with Gasteiger partial charge in [0.05, 0.1) is 11.1 Å². The van der Waals surface area contributed by atoms with Crippen LogP contribution in [-0.4, -0.2) is 91.7 Å². The number of rotatable bonds is 8. The lowest BCUT2D eigenvalue weighted by Gasteiger charge is -2.40. The van der Waals surface area contributed by atoms with Gasteiger partial charge in [-0.25, -0.2) is 0 Å². The average Bonchev–Trinajstić information content (AvgIpc) is 2.67. The minimum absolute atomic E-state index is 0.0725. The minimum atomic E-state index is -1.75. The molecule has 0 saturated heterocycles. The number of ketones is 2. The number of nitrogens with one attached hydrogen (secondary N) is 2. The molecule has 0 spiro atoms. The van der Waals surface area contributed by atoms with Crippen molar-refractivity contribution >= 4 is 23.0 Å². The molecule has 2 atom stereocenters. The van der Waals surface area contributed by atoms with Crippen LogP contribution >= 0.6 is 0 Å². The van der Waals surface area contributed by atoms with Gasteiger partial charge in [0.1, 0.15) is 17.4 Å². The first kappa shape index (κ1) is 22.2. The third-order valence-corrected chi connectivity index (χ3v) is 5.41. The van der Waals surface area contributed by atoms with Gasteiger partial charge in [-0.3, -0.25) is 14.9 Å². The summed E-state index contributed by atoms with van der Waals surface area (Å²) in [5, 5.41) is 28.5. The van der Waals surface area contributed by atoms with E-state index in [1.54, 1.807) is 18.2 Å². The SMILES string of the molecule is CN(C)CCNc1cccc2c1C(O)=C1C(=O)C=CC(O)(NCCN(C)C)C1C2=O. The van der Waals surface area contributed by atoms with Crippen molar-refractivity contribution in [2.45, 2.75) is 5.72 Å². The maximum absolute atomic E-state index is 13.4. The van der Waals surface area contributed by atoms with Crippen molar-refractivity contribution in [3.05, 3.63) is 47.1 Å².